The molecular weight excluding hydrogens is 374 g/mol. The Balaban J connectivity index is 1.66. The third-order valence-corrected chi connectivity index (χ3v) is 7.08. The molecule has 1 fully saturated rings. The van der Waals surface area contributed by atoms with E-state index < -0.39 is 15.9 Å². The van der Waals surface area contributed by atoms with Crippen molar-refractivity contribution < 1.29 is 13.2 Å². The molecule has 6 nitrogen and oxygen atoms in total. The van der Waals surface area contributed by atoms with Crippen LogP contribution in [0.1, 0.15) is 37.7 Å². The number of carbonyl (C=O) groups excluding carboxylic acids is 1. The number of pyridine rings is 1. The van der Waals surface area contributed by atoms with Crippen molar-refractivity contribution in [3.05, 3.63) is 60.4 Å². The van der Waals surface area contributed by atoms with Crippen molar-refractivity contribution in [2.24, 2.45) is 5.92 Å². The maximum atomic E-state index is 12.8. The summed E-state index contributed by atoms with van der Waals surface area (Å²) < 4.78 is 27.1. The molecule has 0 saturated carbocycles. The number of aromatic nitrogens is 1. The fraction of sp³-hybridized carbons (Fsp3) is 0.381. The fourth-order valence-corrected chi connectivity index (χ4v) is 5.10. The van der Waals surface area contributed by atoms with Crippen LogP contribution in [-0.2, 0) is 14.8 Å². The number of ketones is 1. The van der Waals surface area contributed by atoms with E-state index in [1.165, 1.54) is 4.31 Å². The molecule has 1 aliphatic heterocycles. The smallest absolute Gasteiger partial charge is 0.243 e. The van der Waals surface area contributed by atoms with Crippen LogP contribution in [0.15, 0.2) is 59.8 Å². The number of benzene rings is 1. The number of nitrogens with zero attached hydrogens (tertiary/aromatic N) is 2. The summed E-state index contributed by atoms with van der Waals surface area (Å²) in [5.41, 5.74) is 1.04. The van der Waals surface area contributed by atoms with Crippen molar-refractivity contribution in [3.63, 3.8) is 0 Å². The molecule has 1 aromatic carbocycles. The second-order valence-corrected chi connectivity index (χ2v) is 9.19. The van der Waals surface area contributed by atoms with Gasteiger partial charge in [-0.05, 0) is 48.9 Å². The molecule has 1 aliphatic rings. The highest BCUT2D eigenvalue weighted by Crippen LogP contribution is 2.26. The monoisotopic (exact) mass is 399 g/mol. The van der Waals surface area contributed by atoms with E-state index in [-0.39, 0.29) is 28.9 Å². The third-order valence-electron chi connectivity index (χ3n) is 5.20. The van der Waals surface area contributed by atoms with Gasteiger partial charge in [-0.3, -0.25) is 9.78 Å². The van der Waals surface area contributed by atoms with Gasteiger partial charge in [0.25, 0.3) is 0 Å². The van der Waals surface area contributed by atoms with Crippen LogP contribution in [0.2, 0.25) is 0 Å². The lowest BCUT2D eigenvalue weighted by molar-refractivity contribution is -0.117. The average molecular weight is 400 g/mol. The maximum absolute atomic E-state index is 12.8. The molecule has 0 spiro atoms. The molecule has 2 heterocycles. The zero-order valence-electron chi connectivity index (χ0n) is 15.9. The summed E-state index contributed by atoms with van der Waals surface area (Å²) in [6.07, 6.45) is 5.00. The molecule has 0 radical (unpaired) electrons. The first kappa shape index (κ1) is 20.4. The summed E-state index contributed by atoms with van der Waals surface area (Å²) in [5, 5.41) is 8.26. The molecular formula is C21H25N3O3S. The average Bonchev–Trinajstić information content (AvgIpc) is 2.74. The first-order valence-corrected chi connectivity index (χ1v) is 10.9. The van der Waals surface area contributed by atoms with Gasteiger partial charge < -0.3 is 5.41 Å². The molecule has 3 rings (SSSR count). The minimum absolute atomic E-state index is 0.0119. The first-order valence-electron chi connectivity index (χ1n) is 9.46. The fourth-order valence-electron chi connectivity index (χ4n) is 3.55. The quantitative estimate of drug-likeness (QED) is 0.724. The van der Waals surface area contributed by atoms with Crippen LogP contribution in [0.4, 0.5) is 0 Å². The van der Waals surface area contributed by atoms with E-state index in [1.807, 2.05) is 19.1 Å². The standard InChI is InChI=1S/C21H25N3O3S/c1-16(17-7-5-11-23-14-17)13-20(22)21(25)18-8-6-12-24(15-18)28(26,27)19-9-3-2-4-10-19/h2-5,7,9-11,14,16,18,22H,6,8,12-13,15H2,1H3/t16?,18-/m1/s1. The minimum Gasteiger partial charge on any atom is -0.302 e. The molecule has 1 aromatic heterocycles. The Hall–Kier alpha value is -2.38. The first-order chi connectivity index (χ1) is 13.4. The molecule has 2 atom stereocenters. The number of sulfonamides is 1. The molecule has 0 amide bonds. The van der Waals surface area contributed by atoms with Crippen molar-refractivity contribution in [2.75, 3.05) is 13.1 Å². The van der Waals surface area contributed by atoms with E-state index in [0.717, 1.165) is 5.56 Å². The number of rotatable bonds is 7. The number of carbonyl (C=O) groups is 1. The lowest BCUT2D eigenvalue weighted by Gasteiger charge is -2.31. The van der Waals surface area contributed by atoms with Gasteiger partial charge >= 0.3 is 0 Å². The van der Waals surface area contributed by atoms with Crippen molar-refractivity contribution in [2.45, 2.75) is 37.0 Å². The van der Waals surface area contributed by atoms with Gasteiger partial charge in [0, 0.05) is 31.4 Å². The topological polar surface area (TPSA) is 91.2 Å². The predicted molar refractivity (Wildman–Crippen MR) is 108 cm³/mol. The highest BCUT2D eigenvalue weighted by atomic mass is 32.2. The lowest BCUT2D eigenvalue weighted by atomic mass is 9.88. The molecule has 7 heteroatoms. The Morgan fingerprint density at radius 3 is 2.68 bits per heavy atom. The van der Waals surface area contributed by atoms with E-state index in [1.54, 1.807) is 42.7 Å². The van der Waals surface area contributed by atoms with E-state index in [4.69, 9.17) is 5.41 Å². The van der Waals surface area contributed by atoms with Gasteiger partial charge in [-0.1, -0.05) is 31.2 Å². The summed E-state index contributed by atoms with van der Waals surface area (Å²) >= 11 is 0. The minimum atomic E-state index is -3.62. The van der Waals surface area contributed by atoms with Gasteiger partial charge in [-0.15, -0.1) is 0 Å². The number of hydrogen-bond acceptors (Lipinski definition) is 5. The van der Waals surface area contributed by atoms with Crippen molar-refractivity contribution >= 4 is 21.5 Å². The molecule has 1 saturated heterocycles. The van der Waals surface area contributed by atoms with Crippen LogP contribution in [0.25, 0.3) is 0 Å². The van der Waals surface area contributed by atoms with Crippen LogP contribution in [0.3, 0.4) is 0 Å². The lowest BCUT2D eigenvalue weighted by Crippen LogP contribution is -2.43. The Morgan fingerprint density at radius 2 is 2.00 bits per heavy atom. The maximum Gasteiger partial charge on any atom is 0.243 e. The zero-order chi connectivity index (χ0) is 20.1. The summed E-state index contributed by atoms with van der Waals surface area (Å²) in [5.74, 6) is -0.692. The molecule has 148 valence electrons. The summed E-state index contributed by atoms with van der Waals surface area (Å²) in [6.45, 7) is 2.51. The molecule has 1 N–H and O–H groups in total. The Bertz CT molecular complexity index is 930. The molecule has 2 aromatic rings. The van der Waals surface area contributed by atoms with Crippen molar-refractivity contribution in [3.8, 4) is 0 Å². The van der Waals surface area contributed by atoms with Crippen molar-refractivity contribution in [1.29, 1.82) is 5.41 Å². The van der Waals surface area contributed by atoms with Crippen LogP contribution < -0.4 is 0 Å². The third kappa shape index (κ3) is 4.54. The number of piperidine rings is 1. The molecule has 0 aliphatic carbocycles. The number of hydrogen-bond donors (Lipinski definition) is 1. The van der Waals surface area contributed by atoms with Crippen LogP contribution in [-0.4, -0.2) is 42.3 Å². The summed E-state index contributed by atoms with van der Waals surface area (Å²) in [4.78, 5) is 17.1. The number of Topliss-reactive ketones (excluding diaryl/α,β-unsaturated/α-hetero) is 1. The van der Waals surface area contributed by atoms with E-state index >= 15 is 0 Å². The Morgan fingerprint density at radius 1 is 1.25 bits per heavy atom. The van der Waals surface area contributed by atoms with Crippen LogP contribution in [0.5, 0.6) is 0 Å². The highest BCUT2D eigenvalue weighted by Gasteiger charge is 2.34. The molecule has 0 bridgehead atoms. The van der Waals surface area contributed by atoms with Crippen molar-refractivity contribution in [1.82, 2.24) is 9.29 Å². The van der Waals surface area contributed by atoms with Gasteiger partial charge in [-0.25, -0.2) is 8.42 Å². The Labute approximate surface area is 166 Å². The van der Waals surface area contributed by atoms with Crippen LogP contribution in [0, 0.1) is 11.3 Å². The van der Waals surface area contributed by atoms with Gasteiger partial charge in [0.2, 0.25) is 10.0 Å². The molecule has 1 unspecified atom stereocenters. The molecule has 28 heavy (non-hydrogen) atoms. The van der Waals surface area contributed by atoms with Crippen LogP contribution >= 0.6 is 0 Å². The van der Waals surface area contributed by atoms with E-state index in [9.17, 15) is 13.2 Å². The van der Waals surface area contributed by atoms with Gasteiger partial charge in [-0.2, -0.15) is 4.31 Å². The highest BCUT2D eigenvalue weighted by molar-refractivity contribution is 7.89. The van der Waals surface area contributed by atoms with Gasteiger partial charge in [0.1, 0.15) is 0 Å². The largest absolute Gasteiger partial charge is 0.302 e. The summed E-state index contributed by atoms with van der Waals surface area (Å²) in [6, 6.07) is 12.1. The summed E-state index contributed by atoms with van der Waals surface area (Å²) in [7, 11) is -3.62. The van der Waals surface area contributed by atoms with Gasteiger partial charge in [0.05, 0.1) is 10.6 Å². The number of nitrogens with one attached hydrogen (secondary N) is 1. The second kappa shape index (κ2) is 8.75. The SMILES string of the molecule is CC(CC(=N)C(=O)[C@@H]1CCCN(S(=O)(=O)c2ccccc2)C1)c1cccnc1. The Kier molecular flexibility index (Phi) is 6.36. The van der Waals surface area contributed by atoms with E-state index in [0.29, 0.717) is 25.8 Å². The van der Waals surface area contributed by atoms with Gasteiger partial charge in [0.15, 0.2) is 5.78 Å². The normalized spacial score (nSPS) is 19.1. The zero-order valence-corrected chi connectivity index (χ0v) is 16.7. The predicted octanol–water partition coefficient (Wildman–Crippen LogP) is 3.26. The second-order valence-electron chi connectivity index (χ2n) is 7.25. The van der Waals surface area contributed by atoms with E-state index in [2.05, 4.69) is 4.98 Å².